The number of esters is 1. The summed E-state index contributed by atoms with van der Waals surface area (Å²) in [6.45, 7) is 3.86. The van der Waals surface area contributed by atoms with Gasteiger partial charge in [0.1, 0.15) is 6.10 Å². The van der Waals surface area contributed by atoms with Gasteiger partial charge in [0, 0.05) is 12.7 Å². The molecule has 1 aliphatic carbocycles. The fraction of sp³-hybridized carbons (Fsp3) is 0.412. The van der Waals surface area contributed by atoms with Crippen molar-refractivity contribution in [2.45, 2.75) is 39.2 Å². The summed E-state index contributed by atoms with van der Waals surface area (Å²) in [5.74, 6) is -0.317. The summed E-state index contributed by atoms with van der Waals surface area (Å²) in [7, 11) is 1.82. The van der Waals surface area contributed by atoms with Gasteiger partial charge in [-0.15, -0.1) is 11.3 Å². The molecule has 1 aliphatic rings. The highest BCUT2D eigenvalue weighted by Crippen LogP contribution is 2.37. The Bertz CT molecular complexity index is 944. The van der Waals surface area contributed by atoms with E-state index in [4.69, 9.17) is 4.74 Å². The van der Waals surface area contributed by atoms with Gasteiger partial charge in [-0.2, -0.15) is 5.10 Å². The highest BCUT2D eigenvalue weighted by atomic mass is 32.1. The van der Waals surface area contributed by atoms with Gasteiger partial charge in [-0.25, -0.2) is 14.8 Å². The minimum Gasteiger partial charge on any atom is -0.453 e. The zero-order chi connectivity index (χ0) is 16.8. The summed E-state index contributed by atoms with van der Waals surface area (Å²) in [4.78, 5) is 22.9. The van der Waals surface area contributed by atoms with Gasteiger partial charge in [0.05, 0.1) is 32.7 Å². The Balaban J connectivity index is 1.68. The monoisotopic (exact) mass is 342 g/mol. The van der Waals surface area contributed by atoms with Crippen LogP contribution in [0.5, 0.6) is 0 Å². The second kappa shape index (κ2) is 5.66. The van der Waals surface area contributed by atoms with Gasteiger partial charge in [0.2, 0.25) is 0 Å². The first-order valence-corrected chi connectivity index (χ1v) is 8.81. The first kappa shape index (κ1) is 15.3. The molecule has 0 aromatic carbocycles. The van der Waals surface area contributed by atoms with Crippen molar-refractivity contribution in [3.63, 3.8) is 0 Å². The van der Waals surface area contributed by atoms with Crippen molar-refractivity contribution < 1.29 is 9.53 Å². The molecule has 3 aromatic heterocycles. The van der Waals surface area contributed by atoms with Gasteiger partial charge in [0.25, 0.3) is 0 Å². The Labute approximate surface area is 143 Å². The summed E-state index contributed by atoms with van der Waals surface area (Å²) in [6, 6.07) is 1.77. The Hall–Kier alpha value is -2.28. The van der Waals surface area contributed by atoms with Crippen molar-refractivity contribution in [2.24, 2.45) is 7.05 Å². The molecular weight excluding hydrogens is 324 g/mol. The number of aryl methyl sites for hydroxylation is 4. The van der Waals surface area contributed by atoms with E-state index in [1.54, 1.807) is 28.3 Å². The quantitative estimate of drug-likeness (QED) is 0.669. The molecule has 0 saturated carbocycles. The van der Waals surface area contributed by atoms with Crippen LogP contribution < -0.4 is 0 Å². The average molecular weight is 342 g/mol. The molecule has 1 unspecified atom stereocenters. The van der Waals surface area contributed by atoms with Crippen molar-refractivity contribution in [3.8, 4) is 0 Å². The van der Waals surface area contributed by atoms with Crippen LogP contribution in [0.25, 0.3) is 11.0 Å². The van der Waals surface area contributed by atoms with Crippen molar-refractivity contribution in [2.75, 3.05) is 0 Å². The molecule has 0 bridgehead atoms. The lowest BCUT2D eigenvalue weighted by Gasteiger charge is -2.21. The smallest absolute Gasteiger partial charge is 0.339 e. The molecule has 124 valence electrons. The van der Waals surface area contributed by atoms with E-state index in [2.05, 4.69) is 15.1 Å². The number of thiazole rings is 1. The zero-order valence-corrected chi connectivity index (χ0v) is 14.7. The van der Waals surface area contributed by atoms with Crippen LogP contribution in [0, 0.1) is 13.8 Å². The summed E-state index contributed by atoms with van der Waals surface area (Å²) < 4.78 is 7.53. The molecule has 1 atom stereocenters. The SMILES string of the molecule is Cc1cc(C(=O)OC2CCCc3nc(C)sc32)c2cnn(C)c2n1. The summed E-state index contributed by atoms with van der Waals surface area (Å²) >= 11 is 1.63. The van der Waals surface area contributed by atoms with Crippen LogP contribution >= 0.6 is 11.3 Å². The van der Waals surface area contributed by atoms with E-state index in [1.807, 2.05) is 20.9 Å². The van der Waals surface area contributed by atoms with E-state index in [1.165, 1.54) is 0 Å². The van der Waals surface area contributed by atoms with Gasteiger partial charge in [-0.1, -0.05) is 0 Å². The lowest BCUT2D eigenvalue weighted by molar-refractivity contribution is 0.0267. The van der Waals surface area contributed by atoms with Gasteiger partial charge < -0.3 is 4.74 Å². The van der Waals surface area contributed by atoms with E-state index in [-0.39, 0.29) is 12.1 Å². The van der Waals surface area contributed by atoms with E-state index >= 15 is 0 Å². The molecule has 0 fully saturated rings. The van der Waals surface area contributed by atoms with E-state index in [9.17, 15) is 4.79 Å². The van der Waals surface area contributed by atoms with Crippen molar-refractivity contribution >= 4 is 28.3 Å². The number of hydrogen-bond acceptors (Lipinski definition) is 6. The predicted molar refractivity (Wildman–Crippen MR) is 91.2 cm³/mol. The third-order valence-corrected chi connectivity index (χ3v) is 5.41. The minimum atomic E-state index is -0.317. The maximum atomic E-state index is 12.8. The van der Waals surface area contributed by atoms with Crippen LogP contribution in [0.4, 0.5) is 0 Å². The average Bonchev–Trinajstić information content (AvgIpc) is 3.10. The first-order valence-electron chi connectivity index (χ1n) is 7.99. The Kier molecular flexibility index (Phi) is 3.60. The molecule has 24 heavy (non-hydrogen) atoms. The number of pyridine rings is 1. The van der Waals surface area contributed by atoms with Crippen LogP contribution in [0.3, 0.4) is 0 Å². The van der Waals surface area contributed by atoms with E-state index < -0.39 is 0 Å². The maximum absolute atomic E-state index is 12.8. The van der Waals surface area contributed by atoms with Crippen LogP contribution in [0.2, 0.25) is 0 Å². The maximum Gasteiger partial charge on any atom is 0.339 e. The highest BCUT2D eigenvalue weighted by Gasteiger charge is 2.28. The number of carbonyl (C=O) groups excluding carboxylic acids is 1. The predicted octanol–water partition coefficient (Wildman–Crippen LogP) is 3.28. The Morgan fingerprint density at radius 1 is 1.38 bits per heavy atom. The molecule has 3 aromatic rings. The molecule has 0 N–H and O–H groups in total. The highest BCUT2D eigenvalue weighted by molar-refractivity contribution is 7.11. The van der Waals surface area contributed by atoms with Gasteiger partial charge >= 0.3 is 5.97 Å². The zero-order valence-electron chi connectivity index (χ0n) is 13.9. The summed E-state index contributed by atoms with van der Waals surface area (Å²) in [5, 5.41) is 5.96. The number of ether oxygens (including phenoxy) is 1. The number of hydrogen-bond donors (Lipinski definition) is 0. The largest absolute Gasteiger partial charge is 0.453 e. The molecule has 0 radical (unpaired) electrons. The Morgan fingerprint density at radius 3 is 3.04 bits per heavy atom. The number of aromatic nitrogens is 4. The number of nitrogens with zero attached hydrogens (tertiary/aromatic N) is 4. The van der Waals surface area contributed by atoms with Crippen molar-refractivity contribution in [1.29, 1.82) is 0 Å². The molecule has 0 spiro atoms. The lowest BCUT2D eigenvalue weighted by atomic mass is 10.00. The van der Waals surface area contributed by atoms with Crippen LogP contribution in [0.15, 0.2) is 12.3 Å². The minimum absolute atomic E-state index is 0.201. The van der Waals surface area contributed by atoms with Gasteiger partial charge in [0.15, 0.2) is 5.65 Å². The normalized spacial score (nSPS) is 17.0. The second-order valence-corrected chi connectivity index (χ2v) is 7.38. The Morgan fingerprint density at radius 2 is 2.21 bits per heavy atom. The fourth-order valence-electron chi connectivity index (χ4n) is 3.22. The molecule has 0 aliphatic heterocycles. The molecule has 3 heterocycles. The van der Waals surface area contributed by atoms with E-state index in [0.29, 0.717) is 11.2 Å². The van der Waals surface area contributed by atoms with E-state index in [0.717, 1.165) is 45.9 Å². The van der Waals surface area contributed by atoms with Crippen molar-refractivity contribution in [3.05, 3.63) is 39.1 Å². The number of rotatable bonds is 2. The second-order valence-electron chi connectivity index (χ2n) is 6.15. The van der Waals surface area contributed by atoms with Gasteiger partial charge in [-0.05, 0) is 39.2 Å². The third kappa shape index (κ3) is 2.49. The molecule has 4 rings (SSSR count). The van der Waals surface area contributed by atoms with Gasteiger partial charge in [-0.3, -0.25) is 4.68 Å². The molecular formula is C17H18N4O2S. The summed E-state index contributed by atoms with van der Waals surface area (Å²) in [6.07, 6.45) is 4.27. The molecule has 0 saturated heterocycles. The fourth-order valence-corrected chi connectivity index (χ4v) is 4.25. The molecule has 6 nitrogen and oxygen atoms in total. The number of fused-ring (bicyclic) bond motifs is 2. The first-order chi connectivity index (χ1) is 11.5. The third-order valence-electron chi connectivity index (χ3n) is 4.31. The number of carbonyl (C=O) groups is 1. The standard InChI is InChI=1S/C17H18N4O2S/c1-9-7-11(12-8-18-21(3)16(12)19-9)17(22)23-14-6-4-5-13-15(14)24-10(2)20-13/h7-8,14H,4-6H2,1-3H3. The topological polar surface area (TPSA) is 69.9 Å². The van der Waals surface area contributed by atoms with Crippen LogP contribution in [-0.2, 0) is 18.2 Å². The van der Waals surface area contributed by atoms with Crippen molar-refractivity contribution in [1.82, 2.24) is 19.7 Å². The van der Waals surface area contributed by atoms with Crippen LogP contribution in [0.1, 0.15) is 50.6 Å². The molecule has 0 amide bonds. The molecule has 7 heteroatoms. The van der Waals surface area contributed by atoms with Crippen LogP contribution in [-0.4, -0.2) is 25.7 Å². The summed E-state index contributed by atoms with van der Waals surface area (Å²) in [5.41, 5.74) is 3.08. The lowest BCUT2D eigenvalue weighted by Crippen LogP contribution is -2.16.